The Morgan fingerprint density at radius 2 is 1.80 bits per heavy atom. The fraction of sp³-hybridized carbons (Fsp3) is 0.400. The molecule has 1 aliphatic rings. The molecule has 0 spiro atoms. The first-order valence-corrected chi connectivity index (χ1v) is 12.7. The molecule has 0 aliphatic carbocycles. The Morgan fingerprint density at radius 3 is 2.50 bits per heavy atom. The van der Waals surface area contributed by atoms with Crippen molar-refractivity contribution in [1.29, 1.82) is 0 Å². The van der Waals surface area contributed by atoms with Crippen molar-refractivity contribution in [3.8, 4) is 17.6 Å². The number of carbonyl (C=O) groups excluding carboxylic acids is 1. The molecule has 30 heavy (non-hydrogen) atoms. The van der Waals surface area contributed by atoms with Crippen LogP contribution in [0.4, 0.5) is 0 Å². The van der Waals surface area contributed by atoms with Crippen LogP contribution in [-0.2, 0) is 20.0 Å². The molecule has 0 fully saturated rings. The zero-order chi connectivity index (χ0) is 21.4. The van der Waals surface area contributed by atoms with Crippen LogP contribution in [0.25, 0.3) is 0 Å². The minimum Gasteiger partial charge on any atom is -0.493 e. The Balaban J connectivity index is 1.67. The molecule has 3 nitrogen and oxygen atoms in total. The quantitative estimate of drug-likeness (QED) is 0.317. The molecule has 0 atom stereocenters. The molecule has 158 valence electrons. The summed E-state index contributed by atoms with van der Waals surface area (Å²) in [7, 11) is 0. The zero-order valence-corrected chi connectivity index (χ0v) is 19.5. The van der Waals surface area contributed by atoms with E-state index in [9.17, 15) is 4.79 Å². The summed E-state index contributed by atoms with van der Waals surface area (Å²) >= 11 is 3.75. The highest BCUT2D eigenvalue weighted by atomic mass is 32.2. The number of hydrogen-bond acceptors (Lipinski definition) is 5. The maximum atomic E-state index is 11.4. The first-order chi connectivity index (χ1) is 14.6. The second-order valence-corrected chi connectivity index (χ2v) is 9.54. The van der Waals surface area contributed by atoms with Crippen LogP contribution in [0, 0.1) is 11.8 Å². The number of esters is 1. The first kappa shape index (κ1) is 22.7. The summed E-state index contributed by atoms with van der Waals surface area (Å²) in [6.45, 7) is 3.03. The number of ether oxygens (including phenoxy) is 2. The van der Waals surface area contributed by atoms with Gasteiger partial charge in [-0.2, -0.15) is 0 Å². The normalized spacial score (nSPS) is 14.1. The fourth-order valence-electron chi connectivity index (χ4n) is 3.54. The predicted molar refractivity (Wildman–Crippen MR) is 127 cm³/mol. The summed E-state index contributed by atoms with van der Waals surface area (Å²) in [4.78, 5) is 11.4. The lowest BCUT2D eigenvalue weighted by Crippen LogP contribution is -2.26. The molecule has 5 heteroatoms. The molecular weight excluding hydrogens is 412 g/mol. The third-order valence-corrected chi connectivity index (χ3v) is 8.36. The summed E-state index contributed by atoms with van der Waals surface area (Å²) in [5, 5.41) is 0. The third-order valence-electron chi connectivity index (χ3n) is 5.19. The van der Waals surface area contributed by atoms with Crippen LogP contribution in [-0.4, -0.2) is 31.7 Å². The first-order valence-electron chi connectivity index (χ1n) is 10.2. The van der Waals surface area contributed by atoms with E-state index < -0.39 is 0 Å². The average molecular weight is 441 g/mol. The summed E-state index contributed by atoms with van der Waals surface area (Å²) in [6.07, 6.45) is 7.45. The van der Waals surface area contributed by atoms with E-state index in [1.807, 2.05) is 54.7 Å². The molecule has 3 rings (SSSR count). The van der Waals surface area contributed by atoms with Crippen LogP contribution < -0.4 is 4.74 Å². The molecule has 0 saturated carbocycles. The number of carbonyl (C=O) groups is 1. The van der Waals surface area contributed by atoms with Crippen molar-refractivity contribution in [3.05, 3.63) is 64.7 Å². The second-order valence-electron chi connectivity index (χ2n) is 7.08. The maximum Gasteiger partial charge on any atom is 0.305 e. The van der Waals surface area contributed by atoms with Crippen LogP contribution >= 0.6 is 23.5 Å². The predicted octanol–water partition coefficient (Wildman–Crippen LogP) is 5.63. The lowest BCUT2D eigenvalue weighted by molar-refractivity contribution is -0.143. The van der Waals surface area contributed by atoms with E-state index >= 15 is 0 Å². The van der Waals surface area contributed by atoms with Crippen LogP contribution in [0.2, 0.25) is 0 Å². The van der Waals surface area contributed by atoms with Gasteiger partial charge in [-0.25, -0.2) is 0 Å². The van der Waals surface area contributed by atoms with Gasteiger partial charge in [-0.05, 0) is 68.2 Å². The number of rotatable bonds is 7. The van der Waals surface area contributed by atoms with Crippen molar-refractivity contribution in [2.24, 2.45) is 0 Å². The maximum absolute atomic E-state index is 11.4. The largest absolute Gasteiger partial charge is 0.493 e. The average Bonchev–Trinajstić information content (AvgIpc) is 2.78. The van der Waals surface area contributed by atoms with E-state index in [1.54, 1.807) is 0 Å². The van der Waals surface area contributed by atoms with Gasteiger partial charge in [0.15, 0.2) is 0 Å². The standard InChI is InChI=1S/C25H28O3S2/c1-4-27-24(26)7-5-6-19-8-10-20(11-9-19)12-13-21-14-15-23-22(18-21)25(29-2,30-3)16-17-28-23/h8-11,14-15,18H,4-7,16-17H2,1-3H3. The number of thioether (sulfide) groups is 2. The summed E-state index contributed by atoms with van der Waals surface area (Å²) < 4.78 is 10.9. The second kappa shape index (κ2) is 10.8. The van der Waals surface area contributed by atoms with Gasteiger partial charge in [-0.3, -0.25) is 4.79 Å². The van der Waals surface area contributed by atoms with Crippen molar-refractivity contribution in [2.45, 2.75) is 36.7 Å². The Labute approximate surface area is 188 Å². The van der Waals surface area contributed by atoms with Crippen molar-refractivity contribution in [3.63, 3.8) is 0 Å². The smallest absolute Gasteiger partial charge is 0.305 e. The van der Waals surface area contributed by atoms with Gasteiger partial charge in [0.2, 0.25) is 0 Å². The van der Waals surface area contributed by atoms with Gasteiger partial charge in [0, 0.05) is 29.5 Å². The van der Waals surface area contributed by atoms with Gasteiger partial charge in [-0.1, -0.05) is 24.0 Å². The van der Waals surface area contributed by atoms with E-state index in [1.165, 1.54) is 11.1 Å². The molecule has 2 aromatic carbocycles. The van der Waals surface area contributed by atoms with Crippen LogP contribution in [0.5, 0.6) is 5.75 Å². The van der Waals surface area contributed by atoms with Gasteiger partial charge in [0.25, 0.3) is 0 Å². The van der Waals surface area contributed by atoms with Crippen molar-refractivity contribution < 1.29 is 14.3 Å². The van der Waals surface area contributed by atoms with Gasteiger partial charge < -0.3 is 9.47 Å². The van der Waals surface area contributed by atoms with Crippen molar-refractivity contribution in [1.82, 2.24) is 0 Å². The van der Waals surface area contributed by atoms with Gasteiger partial charge in [0.05, 0.1) is 17.3 Å². The molecular formula is C25H28O3S2. The fourth-order valence-corrected chi connectivity index (χ4v) is 5.54. The SMILES string of the molecule is CCOC(=O)CCCc1ccc(C#Cc2ccc3c(c2)C(SC)(SC)CCO3)cc1. The number of aryl methyl sites for hydroxylation is 1. The Kier molecular flexibility index (Phi) is 8.18. The molecule has 0 bridgehead atoms. The highest BCUT2D eigenvalue weighted by Crippen LogP contribution is 2.52. The highest BCUT2D eigenvalue weighted by Gasteiger charge is 2.36. The van der Waals surface area contributed by atoms with E-state index in [0.29, 0.717) is 13.0 Å². The minimum atomic E-state index is -0.123. The zero-order valence-electron chi connectivity index (χ0n) is 17.8. The molecule has 1 heterocycles. The van der Waals surface area contributed by atoms with Gasteiger partial charge in [-0.15, -0.1) is 23.5 Å². The lowest BCUT2D eigenvalue weighted by Gasteiger charge is -2.36. The summed E-state index contributed by atoms with van der Waals surface area (Å²) in [6, 6.07) is 14.5. The number of benzene rings is 2. The Hall–Kier alpha value is -2.03. The molecule has 1 aliphatic heterocycles. The summed E-state index contributed by atoms with van der Waals surface area (Å²) in [5.41, 5.74) is 4.43. The van der Waals surface area contributed by atoms with Crippen molar-refractivity contribution in [2.75, 3.05) is 25.7 Å². The Morgan fingerprint density at radius 1 is 1.10 bits per heavy atom. The lowest BCUT2D eigenvalue weighted by atomic mass is 10.0. The van der Waals surface area contributed by atoms with Gasteiger partial charge >= 0.3 is 5.97 Å². The minimum absolute atomic E-state index is 0.0382. The number of fused-ring (bicyclic) bond motifs is 1. The van der Waals surface area contributed by atoms with Crippen LogP contribution in [0.15, 0.2) is 42.5 Å². The van der Waals surface area contributed by atoms with E-state index in [-0.39, 0.29) is 10.0 Å². The molecule has 0 radical (unpaired) electrons. The topological polar surface area (TPSA) is 35.5 Å². The van der Waals surface area contributed by atoms with Crippen molar-refractivity contribution >= 4 is 29.5 Å². The monoisotopic (exact) mass is 440 g/mol. The molecule has 0 N–H and O–H groups in total. The third kappa shape index (κ3) is 5.56. The molecule has 2 aromatic rings. The highest BCUT2D eigenvalue weighted by molar-refractivity contribution is 8.16. The molecule has 0 aromatic heterocycles. The molecule has 0 amide bonds. The molecule has 0 saturated heterocycles. The van der Waals surface area contributed by atoms with Crippen LogP contribution in [0.3, 0.4) is 0 Å². The number of hydrogen-bond donors (Lipinski definition) is 0. The van der Waals surface area contributed by atoms with Crippen LogP contribution in [0.1, 0.15) is 48.4 Å². The Bertz CT molecular complexity index is 922. The van der Waals surface area contributed by atoms with E-state index in [4.69, 9.17) is 9.47 Å². The van der Waals surface area contributed by atoms with E-state index in [0.717, 1.165) is 42.7 Å². The van der Waals surface area contributed by atoms with E-state index in [2.05, 4.69) is 42.6 Å². The van der Waals surface area contributed by atoms with Gasteiger partial charge in [0.1, 0.15) is 5.75 Å². The summed E-state index contributed by atoms with van der Waals surface area (Å²) in [5.74, 6) is 7.43. The molecule has 0 unspecified atom stereocenters.